The van der Waals surface area contributed by atoms with E-state index in [0.717, 1.165) is 11.3 Å². The van der Waals surface area contributed by atoms with Crippen LogP contribution in [-0.4, -0.2) is 23.8 Å². The summed E-state index contributed by atoms with van der Waals surface area (Å²) < 4.78 is 0. The highest BCUT2D eigenvalue weighted by atomic mass is 15.2. The summed E-state index contributed by atoms with van der Waals surface area (Å²) in [5.41, 5.74) is 2.27. The fourth-order valence-corrected chi connectivity index (χ4v) is 1.28. The Balaban J connectivity index is 3.25. The highest BCUT2D eigenvalue weighted by Gasteiger charge is 2.13. The molecule has 1 aromatic heterocycles. The second kappa shape index (κ2) is 4.56. The van der Waals surface area contributed by atoms with Crippen molar-refractivity contribution in [3.8, 4) is 6.07 Å². The molecular weight excluding hydrogens is 188 g/mol. The van der Waals surface area contributed by atoms with Crippen LogP contribution in [0.5, 0.6) is 0 Å². The van der Waals surface area contributed by atoms with Gasteiger partial charge in [0.1, 0.15) is 11.6 Å². The number of nitriles is 1. The second-order valence-electron chi connectivity index (χ2n) is 3.39. The molecule has 4 heteroatoms. The lowest BCUT2D eigenvalue weighted by Crippen LogP contribution is -2.20. The predicted molar refractivity (Wildman–Crippen MR) is 59.7 cm³/mol. The van der Waals surface area contributed by atoms with Gasteiger partial charge in [-0.25, -0.2) is 0 Å². The van der Waals surface area contributed by atoms with Crippen LogP contribution < -0.4 is 4.90 Å². The summed E-state index contributed by atoms with van der Waals surface area (Å²) in [6, 6.07) is 2.17. The summed E-state index contributed by atoms with van der Waals surface area (Å²) in [4.78, 5) is 1.85. The van der Waals surface area contributed by atoms with Crippen LogP contribution in [0.15, 0.2) is 12.7 Å². The van der Waals surface area contributed by atoms with Crippen molar-refractivity contribution in [2.75, 3.05) is 18.5 Å². The molecule has 0 saturated heterocycles. The van der Waals surface area contributed by atoms with Crippen molar-refractivity contribution in [2.45, 2.75) is 13.8 Å². The van der Waals surface area contributed by atoms with Crippen molar-refractivity contribution >= 4 is 5.82 Å². The van der Waals surface area contributed by atoms with E-state index in [2.05, 4.69) is 22.8 Å². The van der Waals surface area contributed by atoms with Gasteiger partial charge in [0.25, 0.3) is 0 Å². The van der Waals surface area contributed by atoms with Gasteiger partial charge in [0.2, 0.25) is 0 Å². The first-order valence-electron chi connectivity index (χ1n) is 4.67. The van der Waals surface area contributed by atoms with Gasteiger partial charge in [0.15, 0.2) is 5.82 Å². The molecule has 0 unspecified atom stereocenters. The second-order valence-corrected chi connectivity index (χ2v) is 3.39. The summed E-state index contributed by atoms with van der Waals surface area (Å²) >= 11 is 0. The molecular formula is C11H14N4. The van der Waals surface area contributed by atoms with Crippen LogP contribution in [0.3, 0.4) is 0 Å². The van der Waals surface area contributed by atoms with E-state index in [-0.39, 0.29) is 0 Å². The molecule has 1 aromatic rings. The molecule has 0 N–H and O–H groups in total. The Morgan fingerprint density at radius 1 is 1.47 bits per heavy atom. The number of nitrogens with zero attached hydrogens (tertiary/aromatic N) is 4. The highest BCUT2D eigenvalue weighted by Crippen LogP contribution is 2.19. The first-order valence-corrected chi connectivity index (χ1v) is 4.67. The van der Waals surface area contributed by atoms with Gasteiger partial charge in [0, 0.05) is 13.6 Å². The fraction of sp³-hybridized carbons (Fsp3) is 0.364. The topological polar surface area (TPSA) is 52.8 Å². The Kier molecular flexibility index (Phi) is 3.40. The average molecular weight is 202 g/mol. The van der Waals surface area contributed by atoms with Crippen molar-refractivity contribution in [1.29, 1.82) is 5.26 Å². The van der Waals surface area contributed by atoms with E-state index in [1.54, 1.807) is 6.08 Å². The number of rotatable bonds is 3. The molecule has 0 fully saturated rings. The van der Waals surface area contributed by atoms with E-state index < -0.39 is 0 Å². The zero-order valence-electron chi connectivity index (χ0n) is 9.28. The number of aromatic nitrogens is 2. The number of aryl methyl sites for hydroxylation is 1. The lowest BCUT2D eigenvalue weighted by molar-refractivity contribution is 0.891. The minimum Gasteiger partial charge on any atom is -0.353 e. The molecule has 0 aliphatic rings. The molecule has 0 aliphatic carbocycles. The number of anilines is 1. The molecule has 0 bridgehead atoms. The van der Waals surface area contributed by atoms with E-state index >= 15 is 0 Å². The lowest BCUT2D eigenvalue weighted by atomic mass is 10.1. The molecule has 0 atom stereocenters. The van der Waals surface area contributed by atoms with Crippen molar-refractivity contribution in [2.24, 2.45) is 0 Å². The Morgan fingerprint density at radius 3 is 2.67 bits per heavy atom. The highest BCUT2D eigenvalue weighted by molar-refractivity contribution is 5.57. The van der Waals surface area contributed by atoms with Gasteiger partial charge >= 0.3 is 0 Å². The fourth-order valence-electron chi connectivity index (χ4n) is 1.28. The van der Waals surface area contributed by atoms with Crippen LogP contribution in [0.1, 0.15) is 16.8 Å². The van der Waals surface area contributed by atoms with Crippen molar-refractivity contribution < 1.29 is 0 Å². The minimum atomic E-state index is 0.590. The smallest absolute Gasteiger partial charge is 0.169 e. The monoisotopic (exact) mass is 202 g/mol. The van der Waals surface area contributed by atoms with Gasteiger partial charge in [-0.3, -0.25) is 0 Å². The first kappa shape index (κ1) is 11.2. The zero-order chi connectivity index (χ0) is 11.4. The SMILES string of the molecule is C=CCN(C)c1nnc(C)c(C)c1C#N. The maximum atomic E-state index is 9.07. The summed E-state index contributed by atoms with van der Waals surface area (Å²) in [6.07, 6.45) is 1.76. The zero-order valence-corrected chi connectivity index (χ0v) is 9.28. The number of likely N-dealkylation sites (N-methyl/N-ethyl adjacent to an activating group) is 1. The van der Waals surface area contributed by atoms with Gasteiger partial charge in [0.05, 0.1) is 5.69 Å². The third kappa shape index (κ3) is 2.13. The van der Waals surface area contributed by atoms with Gasteiger partial charge in [-0.15, -0.1) is 11.7 Å². The first-order chi connectivity index (χ1) is 7.11. The van der Waals surface area contributed by atoms with E-state index in [1.165, 1.54) is 0 Å². The van der Waals surface area contributed by atoms with Gasteiger partial charge in [-0.05, 0) is 19.4 Å². The molecule has 1 rings (SSSR count). The Morgan fingerprint density at radius 2 is 2.13 bits per heavy atom. The van der Waals surface area contributed by atoms with Crippen molar-refractivity contribution in [1.82, 2.24) is 10.2 Å². The van der Waals surface area contributed by atoms with Crippen molar-refractivity contribution in [3.05, 3.63) is 29.5 Å². The third-order valence-corrected chi connectivity index (χ3v) is 2.31. The molecule has 0 spiro atoms. The Bertz CT molecular complexity index is 417. The standard InChI is InChI=1S/C11H14N4/c1-5-6-15(4)11-10(7-12)8(2)9(3)13-14-11/h5H,1,6H2,2-4H3. The molecule has 4 nitrogen and oxygen atoms in total. The van der Waals surface area contributed by atoms with Gasteiger partial charge < -0.3 is 4.90 Å². The normalized spacial score (nSPS) is 9.47. The maximum Gasteiger partial charge on any atom is 0.169 e. The molecule has 0 saturated carbocycles. The third-order valence-electron chi connectivity index (χ3n) is 2.31. The van der Waals surface area contributed by atoms with Gasteiger partial charge in [-0.1, -0.05) is 6.08 Å². The van der Waals surface area contributed by atoms with E-state index in [4.69, 9.17) is 5.26 Å². The summed E-state index contributed by atoms with van der Waals surface area (Å²) in [5.74, 6) is 0.612. The molecule has 0 amide bonds. The van der Waals surface area contributed by atoms with Gasteiger partial charge in [-0.2, -0.15) is 10.4 Å². The van der Waals surface area contributed by atoms with E-state index in [1.807, 2.05) is 25.8 Å². The minimum absolute atomic E-state index is 0.590. The lowest BCUT2D eigenvalue weighted by Gasteiger charge is -2.17. The molecule has 1 heterocycles. The summed E-state index contributed by atoms with van der Waals surface area (Å²) in [5, 5.41) is 17.1. The molecule has 15 heavy (non-hydrogen) atoms. The molecule has 78 valence electrons. The van der Waals surface area contributed by atoms with Crippen LogP contribution in [0.25, 0.3) is 0 Å². The maximum absolute atomic E-state index is 9.07. The molecule has 0 aromatic carbocycles. The predicted octanol–water partition coefficient (Wildman–Crippen LogP) is 1.59. The largest absolute Gasteiger partial charge is 0.353 e. The number of hydrogen-bond acceptors (Lipinski definition) is 4. The van der Waals surface area contributed by atoms with E-state index in [9.17, 15) is 0 Å². The summed E-state index contributed by atoms with van der Waals surface area (Å²) in [7, 11) is 1.86. The van der Waals surface area contributed by atoms with Crippen LogP contribution in [-0.2, 0) is 0 Å². The van der Waals surface area contributed by atoms with E-state index in [0.29, 0.717) is 17.9 Å². The van der Waals surface area contributed by atoms with Crippen LogP contribution in [0.2, 0.25) is 0 Å². The number of hydrogen-bond donors (Lipinski definition) is 0. The Labute approximate surface area is 89.9 Å². The Hall–Kier alpha value is -1.89. The van der Waals surface area contributed by atoms with Crippen LogP contribution >= 0.6 is 0 Å². The quantitative estimate of drug-likeness (QED) is 0.698. The summed E-state index contributed by atoms with van der Waals surface area (Å²) in [6.45, 7) is 8.02. The van der Waals surface area contributed by atoms with Crippen LogP contribution in [0, 0.1) is 25.2 Å². The molecule has 0 radical (unpaired) electrons. The van der Waals surface area contributed by atoms with Crippen LogP contribution in [0.4, 0.5) is 5.82 Å². The molecule has 0 aliphatic heterocycles. The average Bonchev–Trinajstić information content (AvgIpc) is 2.22. The van der Waals surface area contributed by atoms with Crippen molar-refractivity contribution in [3.63, 3.8) is 0 Å².